The number of hydrogen-bond donors (Lipinski definition) is 1. The van der Waals surface area contributed by atoms with Gasteiger partial charge in [-0.1, -0.05) is 5.21 Å². The Morgan fingerprint density at radius 3 is 2.73 bits per heavy atom. The molecule has 0 spiro atoms. The predicted octanol–water partition coefficient (Wildman–Crippen LogP) is 2.70. The Bertz CT molecular complexity index is 1170. The minimum atomic E-state index is -0.704. The van der Waals surface area contributed by atoms with Crippen LogP contribution >= 0.6 is 0 Å². The van der Waals surface area contributed by atoms with Gasteiger partial charge in [-0.15, -0.1) is 5.10 Å². The van der Waals surface area contributed by atoms with Crippen molar-refractivity contribution in [1.29, 1.82) is 0 Å². The molecule has 0 radical (unpaired) electrons. The molecular formula is C21H20F2N6O. The van der Waals surface area contributed by atoms with Gasteiger partial charge < -0.3 is 14.5 Å². The maximum Gasteiger partial charge on any atom is 0.137 e. The minimum Gasteiger partial charge on any atom is -0.375 e. The molecule has 30 heavy (non-hydrogen) atoms. The Balaban J connectivity index is 1.65. The van der Waals surface area contributed by atoms with Crippen LogP contribution < -0.4 is 5.32 Å². The second kappa shape index (κ2) is 7.58. The summed E-state index contributed by atoms with van der Waals surface area (Å²) in [7, 11) is 0. The summed E-state index contributed by atoms with van der Waals surface area (Å²) in [6.07, 6.45) is 5.24. The van der Waals surface area contributed by atoms with Crippen LogP contribution in [0.5, 0.6) is 0 Å². The third-order valence-electron chi connectivity index (χ3n) is 5.26. The van der Waals surface area contributed by atoms with E-state index in [-0.39, 0.29) is 23.0 Å². The topological polar surface area (TPSA) is 69.3 Å². The number of ether oxygens (including phenoxy) is 1. The Morgan fingerprint density at radius 2 is 2.03 bits per heavy atom. The molecule has 1 aliphatic heterocycles. The van der Waals surface area contributed by atoms with E-state index in [0.717, 1.165) is 12.1 Å². The van der Waals surface area contributed by atoms with Gasteiger partial charge in [0, 0.05) is 37.8 Å². The highest BCUT2D eigenvalue weighted by Gasteiger charge is 2.25. The van der Waals surface area contributed by atoms with Crippen molar-refractivity contribution >= 4 is 5.65 Å². The summed E-state index contributed by atoms with van der Waals surface area (Å²) in [5.41, 5.74) is 2.76. The summed E-state index contributed by atoms with van der Waals surface area (Å²) >= 11 is 0. The molecule has 4 heterocycles. The third kappa shape index (κ3) is 3.35. The van der Waals surface area contributed by atoms with Crippen molar-refractivity contribution in [3.63, 3.8) is 0 Å². The lowest BCUT2D eigenvalue weighted by Gasteiger charge is -2.24. The third-order valence-corrected chi connectivity index (χ3v) is 5.26. The summed E-state index contributed by atoms with van der Waals surface area (Å²) in [6, 6.07) is 6.32. The van der Waals surface area contributed by atoms with Gasteiger partial charge in [-0.05, 0) is 24.6 Å². The van der Waals surface area contributed by atoms with Crippen molar-refractivity contribution in [3.05, 3.63) is 65.7 Å². The lowest BCUT2D eigenvalue weighted by Crippen LogP contribution is -2.39. The van der Waals surface area contributed by atoms with E-state index in [1.165, 1.54) is 29.2 Å². The summed E-state index contributed by atoms with van der Waals surface area (Å²) in [5.74, 6) is -1.41. The molecule has 4 aromatic rings. The van der Waals surface area contributed by atoms with E-state index in [2.05, 4.69) is 20.6 Å². The average molecular weight is 410 g/mol. The van der Waals surface area contributed by atoms with Crippen LogP contribution in [0.25, 0.3) is 22.6 Å². The largest absolute Gasteiger partial charge is 0.375 e. The monoisotopic (exact) mass is 410 g/mol. The van der Waals surface area contributed by atoms with E-state index in [1.54, 1.807) is 0 Å². The molecule has 154 valence electrons. The lowest BCUT2D eigenvalue weighted by molar-refractivity contribution is 0.0286. The molecule has 1 aromatic carbocycles. The van der Waals surface area contributed by atoms with Crippen LogP contribution in [0, 0.1) is 18.6 Å². The van der Waals surface area contributed by atoms with Crippen LogP contribution in [-0.4, -0.2) is 50.2 Å². The molecule has 1 atom stereocenters. The Morgan fingerprint density at radius 1 is 1.20 bits per heavy atom. The van der Waals surface area contributed by atoms with Crippen molar-refractivity contribution in [2.24, 2.45) is 0 Å². The normalized spacial score (nSPS) is 17.0. The first-order valence-electron chi connectivity index (χ1n) is 9.76. The van der Waals surface area contributed by atoms with Crippen molar-refractivity contribution in [3.8, 4) is 16.9 Å². The standard InChI is InChI=1S/C21H20F2N6O/c1-13-2-5-28-18(11-15-12-24-4-7-30-15)21(26-19(28)8-13)20-16(22)9-14(10-17(20)23)29-6-3-25-27-29/h2-3,5-6,8-10,15,24H,4,7,11-12H2,1H3/t15-/m0/s1. The first-order valence-corrected chi connectivity index (χ1v) is 9.76. The number of nitrogens with zero attached hydrogens (tertiary/aromatic N) is 5. The highest BCUT2D eigenvalue weighted by atomic mass is 19.1. The Kier molecular flexibility index (Phi) is 4.76. The van der Waals surface area contributed by atoms with E-state index < -0.39 is 11.6 Å². The fraction of sp³-hybridized carbons (Fsp3) is 0.286. The van der Waals surface area contributed by atoms with Gasteiger partial charge in [-0.3, -0.25) is 0 Å². The molecule has 0 unspecified atom stereocenters. The summed E-state index contributed by atoms with van der Waals surface area (Å²) < 4.78 is 39.3. The van der Waals surface area contributed by atoms with Crippen LogP contribution in [0.2, 0.25) is 0 Å². The smallest absolute Gasteiger partial charge is 0.137 e. The molecule has 9 heteroatoms. The van der Waals surface area contributed by atoms with Crippen molar-refractivity contribution in [1.82, 2.24) is 29.7 Å². The van der Waals surface area contributed by atoms with E-state index in [4.69, 9.17) is 4.74 Å². The summed E-state index contributed by atoms with van der Waals surface area (Å²) in [6.45, 7) is 4.03. The number of nitrogens with one attached hydrogen (secondary N) is 1. The lowest BCUT2D eigenvalue weighted by atomic mass is 10.0. The quantitative estimate of drug-likeness (QED) is 0.560. The molecule has 5 rings (SSSR count). The number of aryl methyl sites for hydroxylation is 1. The second-order valence-corrected chi connectivity index (χ2v) is 7.37. The molecule has 1 N–H and O–H groups in total. The fourth-order valence-corrected chi connectivity index (χ4v) is 3.82. The zero-order valence-electron chi connectivity index (χ0n) is 16.3. The first-order chi connectivity index (χ1) is 14.6. The number of halogens is 2. The van der Waals surface area contributed by atoms with Crippen LogP contribution in [0.4, 0.5) is 8.78 Å². The van der Waals surface area contributed by atoms with Gasteiger partial charge in [0.25, 0.3) is 0 Å². The highest BCUT2D eigenvalue weighted by molar-refractivity contribution is 5.69. The first kappa shape index (κ1) is 18.8. The minimum absolute atomic E-state index is 0.0979. The predicted molar refractivity (Wildman–Crippen MR) is 107 cm³/mol. The van der Waals surface area contributed by atoms with E-state index in [1.807, 2.05) is 29.7 Å². The van der Waals surface area contributed by atoms with Gasteiger partial charge in [0.1, 0.15) is 17.3 Å². The maximum absolute atomic E-state index is 15.2. The number of imidazole rings is 1. The van der Waals surface area contributed by atoms with Gasteiger partial charge in [0.05, 0.1) is 47.7 Å². The second-order valence-electron chi connectivity index (χ2n) is 7.37. The molecule has 0 saturated carbocycles. The van der Waals surface area contributed by atoms with Gasteiger partial charge in [0.15, 0.2) is 0 Å². The molecule has 1 saturated heterocycles. The number of morpholine rings is 1. The molecule has 7 nitrogen and oxygen atoms in total. The van der Waals surface area contributed by atoms with Crippen molar-refractivity contribution in [2.75, 3.05) is 19.7 Å². The number of aromatic nitrogens is 5. The maximum atomic E-state index is 15.2. The van der Waals surface area contributed by atoms with Crippen LogP contribution in [0.3, 0.4) is 0 Å². The van der Waals surface area contributed by atoms with Crippen LogP contribution in [0.1, 0.15) is 11.3 Å². The van der Waals surface area contributed by atoms with Gasteiger partial charge in [-0.25, -0.2) is 18.4 Å². The van der Waals surface area contributed by atoms with Crippen molar-refractivity contribution < 1.29 is 13.5 Å². The number of rotatable bonds is 4. The molecule has 3 aromatic heterocycles. The van der Waals surface area contributed by atoms with Gasteiger partial charge in [0.2, 0.25) is 0 Å². The summed E-state index contributed by atoms with van der Waals surface area (Å²) in [5, 5.41) is 10.8. The number of fused-ring (bicyclic) bond motifs is 1. The summed E-state index contributed by atoms with van der Waals surface area (Å²) in [4.78, 5) is 4.60. The zero-order chi connectivity index (χ0) is 20.7. The number of pyridine rings is 1. The van der Waals surface area contributed by atoms with Crippen LogP contribution in [0.15, 0.2) is 42.9 Å². The molecule has 0 aliphatic carbocycles. The van der Waals surface area contributed by atoms with E-state index >= 15 is 8.78 Å². The van der Waals surface area contributed by atoms with Gasteiger partial charge in [-0.2, -0.15) is 0 Å². The van der Waals surface area contributed by atoms with E-state index in [9.17, 15) is 0 Å². The SMILES string of the molecule is Cc1ccn2c(C[C@H]3CNCCO3)c(-c3c(F)cc(-n4ccnn4)cc3F)nc2c1. The average Bonchev–Trinajstić information content (AvgIpc) is 3.37. The zero-order valence-corrected chi connectivity index (χ0v) is 16.3. The highest BCUT2D eigenvalue weighted by Crippen LogP contribution is 2.32. The fourth-order valence-electron chi connectivity index (χ4n) is 3.82. The van der Waals surface area contributed by atoms with Crippen molar-refractivity contribution in [2.45, 2.75) is 19.4 Å². The Labute approximate surface area is 171 Å². The molecule has 1 fully saturated rings. The molecule has 0 amide bonds. The van der Waals surface area contributed by atoms with Crippen LogP contribution in [-0.2, 0) is 11.2 Å². The molecule has 1 aliphatic rings. The Hall–Kier alpha value is -3.17. The molecular weight excluding hydrogens is 390 g/mol. The van der Waals surface area contributed by atoms with Gasteiger partial charge >= 0.3 is 0 Å². The number of hydrogen-bond acceptors (Lipinski definition) is 5. The number of benzene rings is 1. The van der Waals surface area contributed by atoms with E-state index in [0.29, 0.717) is 30.9 Å². The molecule has 0 bridgehead atoms.